The van der Waals surface area contributed by atoms with Crippen molar-refractivity contribution in [3.63, 3.8) is 0 Å². The van der Waals surface area contributed by atoms with E-state index in [9.17, 15) is 0 Å². The van der Waals surface area contributed by atoms with Crippen LogP contribution in [-0.4, -0.2) is 0 Å². The Morgan fingerprint density at radius 2 is 1.69 bits per heavy atom. The fourth-order valence-corrected chi connectivity index (χ4v) is 1.75. The molecule has 0 amide bonds. The molecule has 0 atom stereocenters. The maximum Gasteiger partial charge on any atom is -0.0228 e. The molecule has 0 saturated carbocycles. The third-order valence-electron chi connectivity index (χ3n) is 2.44. The summed E-state index contributed by atoms with van der Waals surface area (Å²) in [6, 6.07) is 10.7. The molecule has 1 aromatic carbocycles. The van der Waals surface area contributed by atoms with E-state index in [1.807, 2.05) is 0 Å². The van der Waals surface area contributed by atoms with E-state index in [-0.39, 0.29) is 4.70 Å². The molecule has 0 saturated heterocycles. The van der Waals surface area contributed by atoms with Crippen LogP contribution >= 0.6 is 0 Å². The molecule has 0 radical (unpaired) electrons. The molecule has 0 fully saturated rings. The second kappa shape index (κ2) is 4.80. The zero-order valence-corrected chi connectivity index (χ0v) is 7.70. The lowest BCUT2D eigenvalue weighted by atomic mass is 9.94. The van der Waals surface area contributed by atoms with Gasteiger partial charge in [-0.2, -0.15) is 0 Å². The first-order valence-electron chi connectivity index (χ1n) is 4.71. The summed E-state index contributed by atoms with van der Waals surface area (Å²) in [6.07, 6.45) is 7.66. The highest BCUT2D eigenvalue weighted by atomic mass is 19.0. The minimum Gasteiger partial charge on any atom is -0.269 e. The van der Waals surface area contributed by atoms with E-state index >= 15 is 0 Å². The van der Waals surface area contributed by atoms with E-state index in [1.54, 1.807) is 5.57 Å². The molecule has 2 rings (SSSR count). The number of allylic oxidation sites excluding steroid dienone is 2. The molecule has 0 unspecified atom stereocenters. The smallest absolute Gasteiger partial charge is 0.0228 e. The van der Waals surface area contributed by atoms with Gasteiger partial charge in [-0.05, 0) is 36.8 Å². The topological polar surface area (TPSA) is 0 Å². The van der Waals surface area contributed by atoms with Crippen LogP contribution in [0.1, 0.15) is 31.2 Å². The zero-order chi connectivity index (χ0) is 8.23. The van der Waals surface area contributed by atoms with E-state index in [2.05, 4.69) is 36.4 Å². The summed E-state index contributed by atoms with van der Waals surface area (Å²) in [5.74, 6) is 0. The quantitative estimate of drug-likeness (QED) is 0.613. The van der Waals surface area contributed by atoms with Crippen LogP contribution in [0.4, 0.5) is 4.70 Å². The fourth-order valence-electron chi connectivity index (χ4n) is 1.75. The van der Waals surface area contributed by atoms with Crippen molar-refractivity contribution in [1.82, 2.24) is 0 Å². The predicted octanol–water partition coefficient (Wildman–Crippen LogP) is 3.80. The van der Waals surface area contributed by atoms with Gasteiger partial charge in [0, 0.05) is 0 Å². The number of rotatable bonds is 1. The lowest BCUT2D eigenvalue weighted by Crippen LogP contribution is -1.90. The maximum absolute atomic E-state index is 2.39. The van der Waals surface area contributed by atoms with Gasteiger partial charge in [-0.1, -0.05) is 36.4 Å². The van der Waals surface area contributed by atoms with Gasteiger partial charge >= 0.3 is 0 Å². The van der Waals surface area contributed by atoms with Crippen LogP contribution in [0.5, 0.6) is 0 Å². The van der Waals surface area contributed by atoms with Crippen LogP contribution in [0.15, 0.2) is 36.4 Å². The number of halogens is 1. The van der Waals surface area contributed by atoms with Crippen LogP contribution < -0.4 is 0 Å². The highest BCUT2D eigenvalue weighted by Crippen LogP contribution is 2.25. The van der Waals surface area contributed by atoms with Crippen molar-refractivity contribution in [3.8, 4) is 0 Å². The molecule has 0 aromatic heterocycles. The third kappa shape index (κ3) is 2.41. The van der Waals surface area contributed by atoms with Crippen molar-refractivity contribution in [2.24, 2.45) is 0 Å². The molecular formula is C12H15F. The molecule has 0 heterocycles. The Balaban J connectivity index is 0.000000845. The minimum absolute atomic E-state index is 0. The van der Waals surface area contributed by atoms with E-state index in [4.69, 9.17) is 0 Å². The Bertz CT molecular complexity index is 274. The zero-order valence-electron chi connectivity index (χ0n) is 7.70. The molecule has 0 aliphatic heterocycles. The van der Waals surface area contributed by atoms with Gasteiger partial charge in [0.15, 0.2) is 0 Å². The van der Waals surface area contributed by atoms with Gasteiger partial charge in [-0.3, -0.25) is 4.70 Å². The van der Waals surface area contributed by atoms with Gasteiger partial charge in [-0.25, -0.2) is 0 Å². The summed E-state index contributed by atoms with van der Waals surface area (Å²) in [7, 11) is 0. The molecule has 0 nitrogen and oxygen atoms in total. The van der Waals surface area contributed by atoms with Crippen LogP contribution in [0.2, 0.25) is 0 Å². The van der Waals surface area contributed by atoms with Crippen molar-refractivity contribution in [2.75, 3.05) is 0 Å². The summed E-state index contributed by atoms with van der Waals surface area (Å²) in [4.78, 5) is 0. The molecular weight excluding hydrogens is 163 g/mol. The Labute approximate surface area is 78.7 Å². The normalized spacial score (nSPS) is 15.8. The lowest BCUT2D eigenvalue weighted by molar-refractivity contribution is 0.742. The van der Waals surface area contributed by atoms with Gasteiger partial charge in [0.1, 0.15) is 0 Å². The van der Waals surface area contributed by atoms with Crippen LogP contribution in [0.3, 0.4) is 0 Å². The number of hydrogen-bond donors (Lipinski definition) is 0. The average Bonchev–Trinajstić information content (AvgIpc) is 2.21. The average molecular weight is 178 g/mol. The van der Waals surface area contributed by atoms with Crippen molar-refractivity contribution >= 4 is 5.57 Å². The van der Waals surface area contributed by atoms with Gasteiger partial charge in [0.05, 0.1) is 0 Å². The first-order chi connectivity index (χ1) is 5.97. The number of hydrogen-bond acceptors (Lipinski definition) is 0. The largest absolute Gasteiger partial charge is 0.269 e. The molecule has 0 spiro atoms. The SMILES string of the molecule is C1=C(c2ccccc2)CCCC1.F. The lowest BCUT2D eigenvalue weighted by Gasteiger charge is -2.12. The monoisotopic (exact) mass is 178 g/mol. The Kier molecular flexibility index (Phi) is 3.69. The molecule has 0 N–H and O–H groups in total. The van der Waals surface area contributed by atoms with E-state index in [0.717, 1.165) is 0 Å². The molecule has 0 bridgehead atoms. The van der Waals surface area contributed by atoms with Crippen molar-refractivity contribution < 1.29 is 4.70 Å². The minimum atomic E-state index is 0. The van der Waals surface area contributed by atoms with Gasteiger partial charge in [-0.15, -0.1) is 0 Å². The maximum atomic E-state index is 2.39. The molecule has 1 aromatic rings. The standard InChI is InChI=1S/C12H14.FH/c1-3-7-11(8-4-1)12-9-5-2-6-10-12;/h1,3-4,7-9H,2,5-6,10H2;1H. The Morgan fingerprint density at radius 1 is 0.923 bits per heavy atom. The van der Waals surface area contributed by atoms with Crippen molar-refractivity contribution in [1.29, 1.82) is 0 Å². The van der Waals surface area contributed by atoms with Crippen LogP contribution in [0, 0.1) is 0 Å². The van der Waals surface area contributed by atoms with Gasteiger partial charge in [0.25, 0.3) is 0 Å². The van der Waals surface area contributed by atoms with Crippen molar-refractivity contribution in [2.45, 2.75) is 25.7 Å². The summed E-state index contributed by atoms with van der Waals surface area (Å²) in [5, 5.41) is 0. The van der Waals surface area contributed by atoms with Crippen LogP contribution in [-0.2, 0) is 0 Å². The second-order valence-electron chi connectivity index (χ2n) is 3.34. The molecule has 1 heteroatoms. The third-order valence-corrected chi connectivity index (χ3v) is 2.44. The van der Waals surface area contributed by atoms with E-state index in [1.165, 1.54) is 31.2 Å². The molecule has 1 aliphatic rings. The summed E-state index contributed by atoms with van der Waals surface area (Å²) < 4.78 is 0. The Morgan fingerprint density at radius 3 is 2.31 bits per heavy atom. The van der Waals surface area contributed by atoms with E-state index in [0.29, 0.717) is 0 Å². The summed E-state index contributed by atoms with van der Waals surface area (Å²) in [5.41, 5.74) is 2.96. The summed E-state index contributed by atoms with van der Waals surface area (Å²) >= 11 is 0. The van der Waals surface area contributed by atoms with Crippen molar-refractivity contribution in [3.05, 3.63) is 42.0 Å². The fraction of sp³-hybridized carbons (Fsp3) is 0.333. The molecule has 70 valence electrons. The second-order valence-corrected chi connectivity index (χ2v) is 3.34. The van der Waals surface area contributed by atoms with Gasteiger partial charge in [0.2, 0.25) is 0 Å². The highest BCUT2D eigenvalue weighted by molar-refractivity contribution is 5.65. The van der Waals surface area contributed by atoms with Gasteiger partial charge < -0.3 is 0 Å². The Hall–Kier alpha value is -1.11. The summed E-state index contributed by atoms with van der Waals surface area (Å²) in [6.45, 7) is 0. The first-order valence-corrected chi connectivity index (χ1v) is 4.71. The predicted molar refractivity (Wildman–Crippen MR) is 55.4 cm³/mol. The van der Waals surface area contributed by atoms with E-state index < -0.39 is 0 Å². The molecule has 1 aliphatic carbocycles. The first kappa shape index (κ1) is 9.97. The molecule has 13 heavy (non-hydrogen) atoms. The van der Waals surface area contributed by atoms with Crippen LogP contribution in [0.25, 0.3) is 5.57 Å². The number of benzene rings is 1. The highest BCUT2D eigenvalue weighted by Gasteiger charge is 2.04.